The van der Waals surface area contributed by atoms with Gasteiger partial charge in [0.15, 0.2) is 23.6 Å². The first kappa shape index (κ1) is 16.4. The van der Waals surface area contributed by atoms with E-state index in [1.54, 1.807) is 6.08 Å². The fourth-order valence-electron chi connectivity index (χ4n) is 3.14. The Morgan fingerprint density at radius 3 is 2.79 bits per heavy atom. The molecule has 4 rings (SSSR count). The Kier molecular flexibility index (Phi) is 4.09. The van der Waals surface area contributed by atoms with Crippen LogP contribution in [0.5, 0.6) is 11.5 Å². The molecule has 2 saturated heterocycles. The molecule has 1 aromatic carbocycles. The van der Waals surface area contributed by atoms with Crippen molar-refractivity contribution in [2.45, 2.75) is 50.8 Å². The van der Waals surface area contributed by atoms with Gasteiger partial charge in [-0.25, -0.2) is 0 Å². The van der Waals surface area contributed by atoms with Gasteiger partial charge in [-0.15, -0.1) is 6.58 Å². The molecule has 2 fully saturated rings. The van der Waals surface area contributed by atoms with Gasteiger partial charge in [-0.2, -0.15) is 0 Å². The molecule has 0 aliphatic carbocycles. The second-order valence-corrected chi connectivity index (χ2v) is 7.23. The molecule has 0 bridgehead atoms. The third kappa shape index (κ3) is 2.84. The second-order valence-electron chi connectivity index (χ2n) is 6.38. The van der Waals surface area contributed by atoms with Gasteiger partial charge in [0.1, 0.15) is 18.3 Å². The second kappa shape index (κ2) is 6.00. The fourth-order valence-corrected chi connectivity index (χ4v) is 3.58. The molecule has 0 saturated carbocycles. The minimum Gasteiger partial charge on any atom is -0.454 e. The number of benzene rings is 1. The highest BCUT2D eigenvalue weighted by atomic mass is 79.9. The maximum atomic E-state index is 6.11. The molecule has 7 heteroatoms. The van der Waals surface area contributed by atoms with Gasteiger partial charge in [-0.3, -0.25) is 0 Å². The zero-order chi connectivity index (χ0) is 16.9. The van der Waals surface area contributed by atoms with Gasteiger partial charge < -0.3 is 28.4 Å². The van der Waals surface area contributed by atoms with Crippen molar-refractivity contribution in [1.29, 1.82) is 0 Å². The lowest BCUT2D eigenvalue weighted by molar-refractivity contribution is -0.213. The lowest BCUT2D eigenvalue weighted by atomic mass is 10.1. The van der Waals surface area contributed by atoms with E-state index in [1.165, 1.54) is 0 Å². The maximum absolute atomic E-state index is 6.11. The van der Waals surface area contributed by atoms with Crippen LogP contribution in [-0.4, -0.2) is 37.2 Å². The minimum atomic E-state index is -0.678. The van der Waals surface area contributed by atoms with Crippen molar-refractivity contribution >= 4 is 15.9 Å². The van der Waals surface area contributed by atoms with Crippen molar-refractivity contribution in [1.82, 2.24) is 0 Å². The van der Waals surface area contributed by atoms with Gasteiger partial charge in [0.25, 0.3) is 0 Å². The van der Waals surface area contributed by atoms with E-state index in [0.717, 1.165) is 21.5 Å². The fraction of sp³-hybridized carbons (Fsp3) is 0.529. The SMILES string of the molecule is C=C[C@H]1O[C@@H]2OC(C)(C)O[C@@H]2[C@@H]1OCc1cc2c(cc1Br)OCO2. The van der Waals surface area contributed by atoms with Crippen LogP contribution in [0.3, 0.4) is 0 Å². The van der Waals surface area contributed by atoms with Crippen LogP contribution >= 0.6 is 15.9 Å². The van der Waals surface area contributed by atoms with E-state index in [9.17, 15) is 0 Å². The highest BCUT2D eigenvalue weighted by molar-refractivity contribution is 9.10. The topological polar surface area (TPSA) is 55.4 Å². The molecule has 0 radical (unpaired) electrons. The summed E-state index contributed by atoms with van der Waals surface area (Å²) in [6.45, 7) is 8.16. The van der Waals surface area contributed by atoms with Crippen LogP contribution in [0, 0.1) is 0 Å². The first-order valence-electron chi connectivity index (χ1n) is 7.80. The molecule has 3 heterocycles. The van der Waals surface area contributed by atoms with Gasteiger partial charge in [0, 0.05) is 4.47 Å². The van der Waals surface area contributed by atoms with Crippen molar-refractivity contribution in [3.63, 3.8) is 0 Å². The van der Waals surface area contributed by atoms with Crippen molar-refractivity contribution in [2.24, 2.45) is 0 Å². The summed E-state index contributed by atoms with van der Waals surface area (Å²) in [4.78, 5) is 0. The van der Waals surface area contributed by atoms with E-state index in [2.05, 4.69) is 22.5 Å². The largest absolute Gasteiger partial charge is 0.454 e. The molecule has 3 aliphatic rings. The lowest BCUT2D eigenvalue weighted by Gasteiger charge is -2.24. The van der Waals surface area contributed by atoms with Crippen LogP contribution in [-0.2, 0) is 25.6 Å². The van der Waals surface area contributed by atoms with Gasteiger partial charge in [0.05, 0.1) is 6.61 Å². The van der Waals surface area contributed by atoms with Gasteiger partial charge in [0.2, 0.25) is 6.79 Å². The summed E-state index contributed by atoms with van der Waals surface area (Å²) >= 11 is 3.54. The summed E-state index contributed by atoms with van der Waals surface area (Å²) in [5, 5.41) is 0. The molecule has 0 spiro atoms. The zero-order valence-electron chi connectivity index (χ0n) is 13.5. The Hall–Kier alpha value is -1.12. The standard InChI is InChI=1S/C17H19BrO6/c1-4-11-14(15-16(22-11)24-17(2,3)23-15)19-7-9-5-12-13(6-10(9)18)21-8-20-12/h4-6,11,14-16H,1,7-8H2,2-3H3/t11-,14-,15-,16-/m1/s1. The van der Waals surface area contributed by atoms with E-state index < -0.39 is 12.1 Å². The molecule has 0 aromatic heterocycles. The summed E-state index contributed by atoms with van der Waals surface area (Å²) < 4.78 is 35.3. The predicted molar refractivity (Wildman–Crippen MR) is 87.7 cm³/mol. The normalized spacial score (nSPS) is 32.8. The van der Waals surface area contributed by atoms with E-state index in [1.807, 2.05) is 26.0 Å². The molecule has 4 atom stereocenters. The first-order chi connectivity index (χ1) is 11.5. The van der Waals surface area contributed by atoms with Crippen LogP contribution in [0.4, 0.5) is 0 Å². The van der Waals surface area contributed by atoms with Crippen LogP contribution in [0.25, 0.3) is 0 Å². The molecule has 6 nitrogen and oxygen atoms in total. The molecular formula is C17H19BrO6. The highest BCUT2D eigenvalue weighted by Crippen LogP contribution is 2.41. The third-order valence-corrected chi connectivity index (χ3v) is 4.97. The molecule has 0 amide bonds. The first-order valence-corrected chi connectivity index (χ1v) is 8.59. The van der Waals surface area contributed by atoms with Gasteiger partial charge in [-0.1, -0.05) is 22.0 Å². The summed E-state index contributed by atoms with van der Waals surface area (Å²) in [6, 6.07) is 3.80. The molecule has 0 unspecified atom stereocenters. The number of rotatable bonds is 4. The predicted octanol–water partition coefficient (Wildman–Crippen LogP) is 3.13. The number of hydrogen-bond donors (Lipinski definition) is 0. The third-order valence-electron chi connectivity index (χ3n) is 4.23. The molecule has 3 aliphatic heterocycles. The van der Waals surface area contributed by atoms with E-state index in [4.69, 9.17) is 28.4 Å². The Balaban J connectivity index is 1.49. The van der Waals surface area contributed by atoms with Crippen LogP contribution in [0.2, 0.25) is 0 Å². The maximum Gasteiger partial charge on any atom is 0.231 e. The lowest BCUT2D eigenvalue weighted by Crippen LogP contribution is -2.36. The van der Waals surface area contributed by atoms with Crippen LogP contribution in [0.15, 0.2) is 29.3 Å². The highest BCUT2D eigenvalue weighted by Gasteiger charge is 2.54. The monoisotopic (exact) mass is 398 g/mol. The van der Waals surface area contributed by atoms with Gasteiger partial charge >= 0.3 is 0 Å². The number of halogens is 1. The van der Waals surface area contributed by atoms with E-state index in [0.29, 0.717) is 6.61 Å². The van der Waals surface area contributed by atoms with E-state index >= 15 is 0 Å². The summed E-state index contributed by atoms with van der Waals surface area (Å²) in [5.74, 6) is 0.773. The Morgan fingerprint density at radius 2 is 2.04 bits per heavy atom. The average Bonchev–Trinajstić information content (AvgIpc) is 3.16. The smallest absolute Gasteiger partial charge is 0.231 e. The van der Waals surface area contributed by atoms with Crippen LogP contribution in [0.1, 0.15) is 19.4 Å². The van der Waals surface area contributed by atoms with Crippen LogP contribution < -0.4 is 9.47 Å². The summed E-state index contributed by atoms with van der Waals surface area (Å²) in [7, 11) is 0. The zero-order valence-corrected chi connectivity index (χ0v) is 15.1. The molecule has 130 valence electrons. The average molecular weight is 399 g/mol. The Labute approximate surface area is 148 Å². The minimum absolute atomic E-state index is 0.241. The molecule has 1 aromatic rings. The van der Waals surface area contributed by atoms with Gasteiger partial charge in [-0.05, 0) is 31.5 Å². The van der Waals surface area contributed by atoms with Crippen molar-refractivity contribution in [3.05, 3.63) is 34.8 Å². The van der Waals surface area contributed by atoms with E-state index in [-0.39, 0.29) is 25.1 Å². The Morgan fingerprint density at radius 1 is 1.29 bits per heavy atom. The number of hydrogen-bond acceptors (Lipinski definition) is 6. The van der Waals surface area contributed by atoms with Crippen molar-refractivity contribution < 1.29 is 28.4 Å². The molecule has 0 N–H and O–H groups in total. The molecule has 24 heavy (non-hydrogen) atoms. The molecular weight excluding hydrogens is 380 g/mol. The summed E-state index contributed by atoms with van der Waals surface area (Å²) in [6.07, 6.45) is 0.441. The summed E-state index contributed by atoms with van der Waals surface area (Å²) in [5.41, 5.74) is 0.962. The Bertz CT molecular complexity index is 661. The quantitative estimate of drug-likeness (QED) is 0.726. The van der Waals surface area contributed by atoms with Crippen molar-refractivity contribution in [3.8, 4) is 11.5 Å². The van der Waals surface area contributed by atoms with Crippen molar-refractivity contribution in [2.75, 3.05) is 6.79 Å². The number of ether oxygens (including phenoxy) is 6. The number of fused-ring (bicyclic) bond motifs is 2.